The van der Waals surface area contributed by atoms with E-state index in [0.29, 0.717) is 35.1 Å². The molecule has 2 aromatic rings. The van der Waals surface area contributed by atoms with E-state index >= 15 is 0 Å². The largest absolute Gasteiger partial charge is 0.850 e. The molecule has 0 bridgehead atoms. The topological polar surface area (TPSA) is 158 Å². The lowest BCUT2D eigenvalue weighted by atomic mass is 9.78. The minimum absolute atomic E-state index is 0.0382. The van der Waals surface area contributed by atoms with Crippen LogP contribution in [0.3, 0.4) is 0 Å². The maximum atomic E-state index is 12.4. The average Bonchev–Trinajstić information content (AvgIpc) is 2.83. The molecular formula is C27H44N2O10P2. The maximum absolute atomic E-state index is 12.4. The van der Waals surface area contributed by atoms with Gasteiger partial charge in [0.25, 0.3) is 0 Å². The second-order valence-electron chi connectivity index (χ2n) is 11.6. The SMILES string of the molecule is CC(C)(c1ccc(OP(=O)(O)OCC[N+](C)(C)CC[O-])cc1)c1ccc(OP(=O)(O)OCC[N+](C)(C)CC[O-])cc1. The second kappa shape index (κ2) is 14.6. The van der Waals surface area contributed by atoms with Crippen molar-refractivity contribution in [2.24, 2.45) is 0 Å². The Morgan fingerprint density at radius 2 is 0.976 bits per heavy atom. The highest BCUT2D eigenvalue weighted by molar-refractivity contribution is 7.48. The average molecular weight is 619 g/mol. The summed E-state index contributed by atoms with van der Waals surface area (Å²) in [4.78, 5) is 20.2. The van der Waals surface area contributed by atoms with Crippen LogP contribution in [0.1, 0.15) is 25.0 Å². The zero-order valence-electron chi connectivity index (χ0n) is 24.7. The lowest BCUT2D eigenvalue weighted by molar-refractivity contribution is -0.895. The van der Waals surface area contributed by atoms with Gasteiger partial charge >= 0.3 is 15.6 Å². The Morgan fingerprint density at radius 3 is 1.27 bits per heavy atom. The molecule has 2 aromatic carbocycles. The normalized spacial score (nSPS) is 15.7. The zero-order chi connectivity index (χ0) is 31.0. The van der Waals surface area contributed by atoms with Gasteiger partial charge in [-0.1, -0.05) is 51.3 Å². The molecule has 14 heteroatoms. The van der Waals surface area contributed by atoms with Crippen molar-refractivity contribution < 1.29 is 56.2 Å². The molecule has 0 saturated carbocycles. The predicted octanol–water partition coefficient (Wildman–Crippen LogP) is 1.88. The summed E-state index contributed by atoms with van der Waals surface area (Å²) in [6.07, 6.45) is 0. The first-order valence-electron chi connectivity index (χ1n) is 13.3. The number of phosphoric ester groups is 2. The quantitative estimate of drug-likeness (QED) is 0.187. The van der Waals surface area contributed by atoms with E-state index in [4.69, 9.17) is 18.1 Å². The van der Waals surface area contributed by atoms with Crippen molar-refractivity contribution in [3.05, 3.63) is 59.7 Å². The van der Waals surface area contributed by atoms with E-state index in [1.165, 1.54) is 0 Å². The summed E-state index contributed by atoms with van der Waals surface area (Å²) in [7, 11) is -1.33. The fraction of sp³-hybridized carbons (Fsp3) is 0.556. The molecule has 0 aromatic heterocycles. The van der Waals surface area contributed by atoms with Gasteiger partial charge in [-0.2, -0.15) is 0 Å². The molecule has 0 amide bonds. The standard InChI is InChI=1S/C27H44N2O10P2/c1-27(2,23-7-11-25(12-8-23)38-40(32,33)36-21-17-28(3,4)15-19-30)24-9-13-26(14-10-24)39-41(34,35)37-22-18-29(5,6)16-20-31/h7-14H,15-22H2,1-6H3,(H,32,33)(H,34,35). The minimum atomic E-state index is -4.34. The van der Waals surface area contributed by atoms with Gasteiger partial charge in [0.2, 0.25) is 0 Å². The molecule has 0 heterocycles. The molecule has 12 nitrogen and oxygen atoms in total. The third-order valence-corrected chi connectivity index (χ3v) is 8.79. The van der Waals surface area contributed by atoms with Crippen molar-refractivity contribution in [1.29, 1.82) is 0 Å². The Morgan fingerprint density at radius 1 is 0.659 bits per heavy atom. The van der Waals surface area contributed by atoms with Crippen LogP contribution in [-0.2, 0) is 23.6 Å². The van der Waals surface area contributed by atoms with Crippen molar-refractivity contribution in [3.63, 3.8) is 0 Å². The Hall–Kier alpha value is -1.82. The summed E-state index contributed by atoms with van der Waals surface area (Å²) in [6.45, 7) is 4.95. The van der Waals surface area contributed by atoms with Gasteiger partial charge < -0.3 is 28.2 Å². The van der Waals surface area contributed by atoms with E-state index in [1.807, 2.05) is 42.0 Å². The van der Waals surface area contributed by atoms with E-state index < -0.39 is 21.1 Å². The van der Waals surface area contributed by atoms with Gasteiger partial charge in [0.1, 0.15) is 37.8 Å². The zero-order valence-corrected chi connectivity index (χ0v) is 26.5. The van der Waals surface area contributed by atoms with Crippen LogP contribution < -0.4 is 19.3 Å². The van der Waals surface area contributed by atoms with Crippen LogP contribution >= 0.6 is 15.6 Å². The summed E-state index contributed by atoms with van der Waals surface area (Å²) >= 11 is 0. The van der Waals surface area contributed by atoms with Gasteiger partial charge in [0.05, 0.1) is 41.3 Å². The Bertz CT molecular complexity index is 1100. The number of likely N-dealkylation sites (N-methyl/N-ethyl adjacent to an activating group) is 2. The van der Waals surface area contributed by atoms with Gasteiger partial charge in [0, 0.05) is 5.41 Å². The molecule has 0 fully saturated rings. The molecule has 2 rings (SSSR count). The van der Waals surface area contributed by atoms with Crippen LogP contribution in [-0.4, -0.2) is 99.6 Å². The van der Waals surface area contributed by atoms with Crippen LogP contribution in [0.4, 0.5) is 0 Å². The van der Waals surface area contributed by atoms with Gasteiger partial charge in [-0.25, -0.2) is 9.13 Å². The van der Waals surface area contributed by atoms with E-state index in [0.717, 1.165) is 11.1 Å². The van der Waals surface area contributed by atoms with Crippen LogP contribution in [0.25, 0.3) is 0 Å². The van der Waals surface area contributed by atoms with Gasteiger partial charge in [0.15, 0.2) is 0 Å². The molecule has 0 spiro atoms. The third kappa shape index (κ3) is 12.1. The van der Waals surface area contributed by atoms with Crippen molar-refractivity contribution in [1.82, 2.24) is 0 Å². The smallest absolute Gasteiger partial charge is 0.527 e. The lowest BCUT2D eigenvalue weighted by Crippen LogP contribution is -2.46. The van der Waals surface area contributed by atoms with E-state index in [2.05, 4.69) is 0 Å². The monoisotopic (exact) mass is 618 g/mol. The minimum Gasteiger partial charge on any atom is -0.850 e. The molecule has 232 valence electrons. The Balaban J connectivity index is 1.97. The van der Waals surface area contributed by atoms with Crippen LogP contribution in [0.5, 0.6) is 11.5 Å². The maximum Gasteiger partial charge on any atom is 0.527 e. The second-order valence-corrected chi connectivity index (χ2v) is 14.4. The van der Waals surface area contributed by atoms with Crippen molar-refractivity contribution in [2.75, 3.05) is 80.8 Å². The van der Waals surface area contributed by atoms with Gasteiger partial charge in [-0.15, -0.1) is 0 Å². The predicted molar refractivity (Wildman–Crippen MR) is 151 cm³/mol. The number of phosphoric acid groups is 2. The molecule has 0 aliphatic heterocycles. The number of hydrogen-bond acceptors (Lipinski definition) is 8. The fourth-order valence-electron chi connectivity index (χ4n) is 3.88. The summed E-state index contributed by atoms with van der Waals surface area (Å²) in [5.41, 5.74) is 1.28. The highest BCUT2D eigenvalue weighted by Crippen LogP contribution is 2.45. The molecule has 0 radical (unpaired) electrons. The molecule has 41 heavy (non-hydrogen) atoms. The van der Waals surface area contributed by atoms with Gasteiger partial charge in [-0.05, 0) is 35.4 Å². The van der Waals surface area contributed by atoms with Crippen molar-refractivity contribution in [3.8, 4) is 11.5 Å². The molecule has 0 saturated heterocycles. The van der Waals surface area contributed by atoms with Gasteiger partial charge in [-0.3, -0.25) is 18.8 Å². The van der Waals surface area contributed by atoms with Crippen LogP contribution in [0.15, 0.2) is 48.5 Å². The summed E-state index contributed by atoms with van der Waals surface area (Å²) < 4.78 is 46.0. The summed E-state index contributed by atoms with van der Waals surface area (Å²) in [5, 5.41) is 21.7. The lowest BCUT2D eigenvalue weighted by Gasteiger charge is -2.31. The molecule has 2 atom stereocenters. The first-order chi connectivity index (χ1) is 18.9. The van der Waals surface area contributed by atoms with Crippen molar-refractivity contribution >= 4 is 15.6 Å². The third-order valence-electron chi connectivity index (χ3n) is 6.89. The van der Waals surface area contributed by atoms with E-state index in [-0.39, 0.29) is 37.9 Å². The van der Waals surface area contributed by atoms with Crippen LogP contribution in [0, 0.1) is 0 Å². The molecular weight excluding hydrogens is 574 g/mol. The first-order valence-corrected chi connectivity index (χ1v) is 16.2. The highest BCUT2D eigenvalue weighted by atomic mass is 31.2. The summed E-state index contributed by atoms with van der Waals surface area (Å²) in [5.74, 6) is 0.336. The molecule has 0 aliphatic rings. The first kappa shape index (κ1) is 35.4. The Kier molecular flexibility index (Phi) is 12.6. The molecule has 2 unspecified atom stereocenters. The Labute approximate surface area is 243 Å². The van der Waals surface area contributed by atoms with Crippen molar-refractivity contribution in [2.45, 2.75) is 19.3 Å². The molecule has 2 N–H and O–H groups in total. The number of nitrogens with zero attached hydrogens (tertiary/aromatic N) is 2. The fourth-order valence-corrected chi connectivity index (χ4v) is 5.38. The van der Waals surface area contributed by atoms with E-state index in [9.17, 15) is 29.1 Å². The number of hydrogen-bond donors (Lipinski definition) is 2. The number of benzene rings is 2. The van der Waals surface area contributed by atoms with Crippen LogP contribution in [0.2, 0.25) is 0 Å². The van der Waals surface area contributed by atoms with E-state index in [1.54, 1.807) is 48.5 Å². The summed E-state index contributed by atoms with van der Waals surface area (Å²) in [6, 6.07) is 13.4. The number of rotatable bonds is 18. The highest BCUT2D eigenvalue weighted by Gasteiger charge is 2.28. The number of quaternary nitrogens is 2. The molecule has 0 aliphatic carbocycles.